The maximum atomic E-state index is 11.4. The van der Waals surface area contributed by atoms with Crippen LogP contribution in [0.5, 0.6) is 5.75 Å². The van der Waals surface area contributed by atoms with Gasteiger partial charge in [0.05, 0.1) is 12.7 Å². The van der Waals surface area contributed by atoms with Gasteiger partial charge in [-0.1, -0.05) is 30.3 Å². The number of rotatable bonds is 5. The van der Waals surface area contributed by atoms with E-state index in [-0.39, 0.29) is 0 Å². The van der Waals surface area contributed by atoms with Crippen molar-refractivity contribution in [3.63, 3.8) is 0 Å². The van der Waals surface area contributed by atoms with E-state index >= 15 is 0 Å². The van der Waals surface area contributed by atoms with Crippen molar-refractivity contribution in [1.82, 2.24) is 0 Å². The minimum absolute atomic E-state index is 0.380. The third kappa shape index (κ3) is 4.29. The zero-order chi connectivity index (χ0) is 17.7. The van der Waals surface area contributed by atoms with Crippen molar-refractivity contribution in [3.8, 4) is 16.9 Å². The molecule has 2 aromatic carbocycles. The van der Waals surface area contributed by atoms with E-state index in [4.69, 9.17) is 14.2 Å². The molecule has 6 heteroatoms. The molecule has 0 fully saturated rings. The van der Waals surface area contributed by atoms with Gasteiger partial charge < -0.3 is 14.2 Å². The van der Waals surface area contributed by atoms with Crippen LogP contribution in [0, 0.1) is 0 Å². The summed E-state index contributed by atoms with van der Waals surface area (Å²) >= 11 is 4.44. The summed E-state index contributed by atoms with van der Waals surface area (Å²) in [6.45, 7) is 2.48. The lowest BCUT2D eigenvalue weighted by atomic mass is 10.0. The Morgan fingerprint density at radius 3 is 2.04 bits per heavy atom. The van der Waals surface area contributed by atoms with Gasteiger partial charge in [0.15, 0.2) is 0 Å². The van der Waals surface area contributed by atoms with Crippen LogP contribution >= 0.6 is 12.6 Å². The topological polar surface area (TPSA) is 61.8 Å². The van der Waals surface area contributed by atoms with Crippen LogP contribution in [-0.4, -0.2) is 19.0 Å². The molecule has 2 aromatic rings. The van der Waals surface area contributed by atoms with Crippen LogP contribution in [0.2, 0.25) is 0 Å². The number of methoxy groups -OCH3 is 1. The van der Waals surface area contributed by atoms with Crippen molar-refractivity contribution in [1.29, 1.82) is 0 Å². The summed E-state index contributed by atoms with van der Waals surface area (Å²) in [5, 5.41) is 0. The normalized spacial score (nSPS) is 10.4. The van der Waals surface area contributed by atoms with Gasteiger partial charge in [0.1, 0.15) is 5.75 Å². The molecule has 0 amide bonds. The van der Waals surface area contributed by atoms with Crippen molar-refractivity contribution in [3.05, 3.63) is 48.0 Å². The molecule has 0 unspecified atom stereocenters. The third-order valence-corrected chi connectivity index (χ3v) is 3.54. The largest absolute Gasteiger partial charge is 0.495 e. The summed E-state index contributed by atoms with van der Waals surface area (Å²) in [6.07, 6.45) is -1.20. The van der Waals surface area contributed by atoms with E-state index in [1.54, 1.807) is 6.07 Å². The van der Waals surface area contributed by atoms with Gasteiger partial charge >= 0.3 is 11.9 Å². The molecular formula is C18H18O5S. The molecule has 126 valence electrons. The number of ether oxygens (including phenoxy) is 3. The highest BCUT2D eigenvalue weighted by Gasteiger charge is 2.24. The van der Waals surface area contributed by atoms with Gasteiger partial charge in [-0.2, -0.15) is 0 Å². The fourth-order valence-corrected chi connectivity index (χ4v) is 2.64. The fraction of sp³-hybridized carbons (Fsp3) is 0.222. The van der Waals surface area contributed by atoms with Crippen molar-refractivity contribution in [2.75, 3.05) is 7.11 Å². The second-order valence-electron chi connectivity index (χ2n) is 5.03. The highest BCUT2D eigenvalue weighted by molar-refractivity contribution is 7.80. The molecule has 0 atom stereocenters. The lowest BCUT2D eigenvalue weighted by Crippen LogP contribution is -2.16. The Kier molecular flexibility index (Phi) is 5.87. The van der Waals surface area contributed by atoms with Crippen molar-refractivity contribution in [2.24, 2.45) is 0 Å². The van der Waals surface area contributed by atoms with Crippen LogP contribution in [0.4, 0.5) is 0 Å². The zero-order valence-corrected chi connectivity index (χ0v) is 14.5. The monoisotopic (exact) mass is 346 g/mol. The number of carbonyl (C=O) groups is 2. The van der Waals surface area contributed by atoms with Gasteiger partial charge in [0.2, 0.25) is 0 Å². The van der Waals surface area contributed by atoms with Crippen LogP contribution in [0.3, 0.4) is 0 Å². The molecule has 0 bridgehead atoms. The van der Waals surface area contributed by atoms with E-state index in [0.29, 0.717) is 16.2 Å². The van der Waals surface area contributed by atoms with E-state index < -0.39 is 18.2 Å². The maximum Gasteiger partial charge on any atom is 0.305 e. The minimum Gasteiger partial charge on any atom is -0.495 e. The number of thiol groups is 1. The van der Waals surface area contributed by atoms with E-state index in [1.807, 2.05) is 36.4 Å². The molecule has 0 aliphatic carbocycles. The predicted octanol–water partition coefficient (Wildman–Crippen LogP) is 3.78. The highest BCUT2D eigenvalue weighted by atomic mass is 32.1. The quantitative estimate of drug-likeness (QED) is 0.507. The molecule has 0 aliphatic rings. The standard InChI is InChI=1S/C18H18O5S/c1-11(19)22-18(23-12(2)20)15-9-14(10-16(24)17(15)21-3)13-7-5-4-6-8-13/h4-10,18,24H,1-3H3. The summed E-state index contributed by atoms with van der Waals surface area (Å²) in [7, 11) is 1.47. The van der Waals surface area contributed by atoms with Gasteiger partial charge in [0.25, 0.3) is 6.29 Å². The van der Waals surface area contributed by atoms with Crippen molar-refractivity contribution < 1.29 is 23.8 Å². The van der Waals surface area contributed by atoms with E-state index in [2.05, 4.69) is 12.6 Å². The summed E-state index contributed by atoms with van der Waals surface area (Å²) in [4.78, 5) is 23.3. The number of carbonyl (C=O) groups excluding carboxylic acids is 2. The van der Waals surface area contributed by atoms with Crippen molar-refractivity contribution >= 4 is 24.6 Å². The zero-order valence-electron chi connectivity index (χ0n) is 13.6. The Hall–Kier alpha value is -2.47. The fourth-order valence-electron chi connectivity index (χ4n) is 2.28. The molecule has 0 saturated carbocycles. The van der Waals surface area contributed by atoms with Crippen LogP contribution < -0.4 is 4.74 Å². The van der Waals surface area contributed by atoms with Crippen LogP contribution in [0.15, 0.2) is 47.4 Å². The number of hydrogen-bond acceptors (Lipinski definition) is 6. The van der Waals surface area contributed by atoms with Gasteiger partial charge in [-0.15, -0.1) is 12.6 Å². The first-order valence-corrected chi connectivity index (χ1v) is 7.68. The summed E-state index contributed by atoms with van der Waals surface area (Å²) in [5.41, 5.74) is 2.19. The summed E-state index contributed by atoms with van der Waals surface area (Å²) in [6, 6.07) is 13.2. The molecule has 2 rings (SSSR count). The predicted molar refractivity (Wildman–Crippen MR) is 92.0 cm³/mol. The molecule has 0 heterocycles. The first kappa shape index (κ1) is 17.9. The molecular weight excluding hydrogens is 328 g/mol. The van der Waals surface area contributed by atoms with E-state index in [0.717, 1.165) is 11.1 Å². The average Bonchev–Trinajstić information content (AvgIpc) is 2.53. The molecule has 0 radical (unpaired) electrons. The third-order valence-electron chi connectivity index (χ3n) is 3.21. The van der Waals surface area contributed by atoms with Crippen LogP contribution in [-0.2, 0) is 19.1 Å². The molecule has 0 spiro atoms. The first-order chi connectivity index (χ1) is 11.4. The van der Waals surface area contributed by atoms with Crippen molar-refractivity contribution in [2.45, 2.75) is 25.0 Å². The Labute approximate surface area is 145 Å². The Morgan fingerprint density at radius 1 is 0.958 bits per heavy atom. The molecule has 5 nitrogen and oxygen atoms in total. The second-order valence-corrected chi connectivity index (χ2v) is 5.52. The summed E-state index contributed by atoms with van der Waals surface area (Å²) < 4.78 is 15.6. The van der Waals surface area contributed by atoms with Gasteiger partial charge in [0, 0.05) is 18.7 Å². The lowest BCUT2D eigenvalue weighted by Gasteiger charge is -2.21. The smallest absolute Gasteiger partial charge is 0.305 e. The maximum absolute atomic E-state index is 11.4. The lowest BCUT2D eigenvalue weighted by molar-refractivity contribution is -0.186. The molecule has 24 heavy (non-hydrogen) atoms. The second kappa shape index (κ2) is 7.88. The molecule has 0 aromatic heterocycles. The van der Waals surface area contributed by atoms with Crippen LogP contribution in [0.25, 0.3) is 11.1 Å². The molecule has 0 saturated heterocycles. The number of hydrogen-bond donors (Lipinski definition) is 1. The van der Waals surface area contributed by atoms with Crippen LogP contribution in [0.1, 0.15) is 25.7 Å². The molecule has 0 N–H and O–H groups in total. The number of esters is 2. The Balaban J connectivity index is 2.58. The molecule has 0 aliphatic heterocycles. The van der Waals surface area contributed by atoms with Gasteiger partial charge in [-0.05, 0) is 23.3 Å². The SMILES string of the molecule is COc1c(S)cc(-c2ccccc2)cc1C(OC(C)=O)OC(C)=O. The highest BCUT2D eigenvalue weighted by Crippen LogP contribution is 2.38. The van der Waals surface area contributed by atoms with Gasteiger partial charge in [-0.25, -0.2) is 0 Å². The Morgan fingerprint density at radius 2 is 1.54 bits per heavy atom. The minimum atomic E-state index is -1.20. The van der Waals surface area contributed by atoms with E-state index in [1.165, 1.54) is 21.0 Å². The summed E-state index contributed by atoms with van der Waals surface area (Å²) in [5.74, 6) is -0.770. The first-order valence-electron chi connectivity index (χ1n) is 7.23. The Bertz CT molecular complexity index is 727. The van der Waals surface area contributed by atoms with Gasteiger partial charge in [-0.3, -0.25) is 9.59 Å². The van der Waals surface area contributed by atoms with E-state index in [9.17, 15) is 9.59 Å². The average molecular weight is 346 g/mol. The number of benzene rings is 2.